The molecular weight excluding hydrogens is 259 g/mol. The van der Waals surface area contributed by atoms with E-state index < -0.39 is 11.7 Å². The fourth-order valence-electron chi connectivity index (χ4n) is 1.09. The summed E-state index contributed by atoms with van der Waals surface area (Å²) in [7, 11) is 0. The Labute approximate surface area is 110 Å². The summed E-state index contributed by atoms with van der Waals surface area (Å²) in [4.78, 5) is 9.60. The summed E-state index contributed by atoms with van der Waals surface area (Å²) in [6.07, 6.45) is -4.31. The molecule has 0 heterocycles. The normalized spacial score (nSPS) is 11.3. The topological polar surface area (TPSA) is 52.3 Å². The number of ether oxygens (including phenoxy) is 1. The van der Waals surface area contributed by atoms with Crippen LogP contribution in [0.1, 0.15) is 31.9 Å². The van der Waals surface area contributed by atoms with E-state index in [0.29, 0.717) is 6.47 Å². The fraction of sp³-hybridized carbons (Fsp3) is 0.462. The van der Waals surface area contributed by atoms with E-state index in [4.69, 9.17) is 5.73 Å². The number of benzene rings is 1. The lowest BCUT2D eigenvalue weighted by atomic mass is 10.1. The molecular formula is C13H18F3NO2. The van der Waals surface area contributed by atoms with Crippen LogP contribution in [0.15, 0.2) is 18.2 Å². The van der Waals surface area contributed by atoms with Gasteiger partial charge in [-0.2, -0.15) is 13.2 Å². The smallest absolute Gasteiger partial charge is 0.416 e. The molecule has 1 aromatic carbocycles. The van der Waals surface area contributed by atoms with E-state index in [1.54, 1.807) is 0 Å². The lowest BCUT2D eigenvalue weighted by Crippen LogP contribution is -2.17. The molecule has 108 valence electrons. The van der Waals surface area contributed by atoms with E-state index in [2.05, 4.69) is 4.74 Å². The minimum atomic E-state index is -4.31. The van der Waals surface area contributed by atoms with Crippen LogP contribution in [0.3, 0.4) is 0 Å². The average molecular weight is 277 g/mol. The standard InChI is InChI=1S/C8H8F3N.C5H10O2/c1-5-2-3-6(12)4-7(5)8(9,10)11;1-5(2,3)7-4-6/h2-4H,12H2,1H3;4H,1-3H3. The molecule has 1 rings (SSSR count). The Hall–Kier alpha value is -1.72. The third kappa shape index (κ3) is 7.33. The maximum absolute atomic E-state index is 12.2. The minimum absolute atomic E-state index is 0.132. The number of carbonyl (C=O) groups is 1. The lowest BCUT2D eigenvalue weighted by molar-refractivity contribution is -0.139. The van der Waals surface area contributed by atoms with Crippen LogP contribution < -0.4 is 5.73 Å². The second-order valence-corrected chi connectivity index (χ2v) is 4.90. The molecule has 0 atom stereocenters. The third-order valence-electron chi connectivity index (χ3n) is 1.97. The molecule has 0 amide bonds. The summed E-state index contributed by atoms with van der Waals surface area (Å²) in [5.41, 5.74) is 4.57. The average Bonchev–Trinajstić information content (AvgIpc) is 2.19. The van der Waals surface area contributed by atoms with Crippen molar-refractivity contribution in [1.82, 2.24) is 0 Å². The van der Waals surface area contributed by atoms with E-state index >= 15 is 0 Å². The molecule has 2 N–H and O–H groups in total. The molecule has 0 saturated carbocycles. The Morgan fingerprint density at radius 3 is 2.00 bits per heavy atom. The van der Waals surface area contributed by atoms with Crippen LogP contribution in [0.4, 0.5) is 18.9 Å². The molecule has 0 spiro atoms. The highest BCUT2D eigenvalue weighted by Crippen LogP contribution is 2.32. The molecule has 0 unspecified atom stereocenters. The Morgan fingerprint density at radius 2 is 1.74 bits per heavy atom. The highest BCUT2D eigenvalue weighted by molar-refractivity contribution is 5.45. The quantitative estimate of drug-likeness (QED) is 0.631. The molecule has 3 nitrogen and oxygen atoms in total. The molecule has 6 heteroatoms. The number of nitrogens with two attached hydrogens (primary N) is 1. The number of aryl methyl sites for hydroxylation is 1. The van der Waals surface area contributed by atoms with Crippen molar-refractivity contribution >= 4 is 12.2 Å². The van der Waals surface area contributed by atoms with E-state index in [1.165, 1.54) is 19.1 Å². The molecule has 0 aliphatic rings. The first-order valence-electron chi connectivity index (χ1n) is 5.52. The van der Waals surface area contributed by atoms with E-state index in [-0.39, 0.29) is 16.9 Å². The number of anilines is 1. The number of alkyl halides is 3. The molecule has 0 aliphatic carbocycles. The van der Waals surface area contributed by atoms with Gasteiger partial charge in [0.05, 0.1) is 5.56 Å². The fourth-order valence-corrected chi connectivity index (χ4v) is 1.09. The zero-order valence-corrected chi connectivity index (χ0v) is 11.3. The third-order valence-corrected chi connectivity index (χ3v) is 1.97. The summed E-state index contributed by atoms with van der Waals surface area (Å²) in [6.45, 7) is 7.33. The molecule has 0 fully saturated rings. The van der Waals surface area contributed by atoms with Crippen molar-refractivity contribution in [2.24, 2.45) is 0 Å². The predicted molar refractivity (Wildman–Crippen MR) is 67.5 cm³/mol. The number of carbonyl (C=O) groups excluding carboxylic acids is 1. The van der Waals surface area contributed by atoms with Crippen LogP contribution in [0.2, 0.25) is 0 Å². The van der Waals surface area contributed by atoms with Crippen LogP contribution in [0.5, 0.6) is 0 Å². The van der Waals surface area contributed by atoms with Gasteiger partial charge in [0, 0.05) is 5.69 Å². The van der Waals surface area contributed by atoms with Crippen LogP contribution in [0, 0.1) is 6.92 Å². The van der Waals surface area contributed by atoms with Crippen LogP contribution >= 0.6 is 0 Å². The van der Waals surface area contributed by atoms with Gasteiger partial charge in [-0.25, -0.2) is 0 Å². The first-order valence-corrected chi connectivity index (χ1v) is 5.52. The number of nitrogen functional groups attached to an aromatic ring is 1. The Balaban J connectivity index is 0.000000399. The first kappa shape index (κ1) is 17.3. The van der Waals surface area contributed by atoms with Gasteiger partial charge in [0.15, 0.2) is 0 Å². The molecule has 0 saturated heterocycles. The van der Waals surface area contributed by atoms with Crippen molar-refractivity contribution in [3.8, 4) is 0 Å². The lowest BCUT2D eigenvalue weighted by Gasteiger charge is -2.14. The van der Waals surface area contributed by atoms with Gasteiger partial charge >= 0.3 is 6.18 Å². The minimum Gasteiger partial charge on any atom is -0.462 e. The van der Waals surface area contributed by atoms with Gasteiger partial charge in [0.25, 0.3) is 6.47 Å². The van der Waals surface area contributed by atoms with Gasteiger partial charge in [0.2, 0.25) is 0 Å². The monoisotopic (exact) mass is 277 g/mol. The van der Waals surface area contributed by atoms with Gasteiger partial charge < -0.3 is 10.5 Å². The van der Waals surface area contributed by atoms with Gasteiger partial charge in [-0.05, 0) is 45.4 Å². The van der Waals surface area contributed by atoms with E-state index in [9.17, 15) is 18.0 Å². The van der Waals surface area contributed by atoms with Crippen molar-refractivity contribution in [3.05, 3.63) is 29.3 Å². The maximum atomic E-state index is 12.2. The Kier molecular flexibility index (Phi) is 5.86. The molecule has 1 aromatic rings. The zero-order valence-electron chi connectivity index (χ0n) is 11.3. The van der Waals surface area contributed by atoms with Crippen molar-refractivity contribution in [2.75, 3.05) is 5.73 Å². The van der Waals surface area contributed by atoms with Crippen LogP contribution in [0.25, 0.3) is 0 Å². The van der Waals surface area contributed by atoms with Gasteiger partial charge in [-0.3, -0.25) is 4.79 Å². The van der Waals surface area contributed by atoms with E-state index in [0.717, 1.165) is 6.07 Å². The largest absolute Gasteiger partial charge is 0.462 e. The van der Waals surface area contributed by atoms with Gasteiger partial charge in [-0.1, -0.05) is 6.07 Å². The second-order valence-electron chi connectivity index (χ2n) is 4.90. The Bertz CT molecular complexity index is 423. The number of rotatable bonds is 1. The summed E-state index contributed by atoms with van der Waals surface area (Å²) in [6, 6.07) is 3.75. The van der Waals surface area contributed by atoms with Crippen molar-refractivity contribution in [1.29, 1.82) is 0 Å². The number of hydrogen-bond acceptors (Lipinski definition) is 3. The summed E-state index contributed by atoms with van der Waals surface area (Å²) < 4.78 is 41.1. The van der Waals surface area contributed by atoms with Crippen LogP contribution in [-0.4, -0.2) is 12.1 Å². The van der Waals surface area contributed by atoms with Gasteiger partial charge in [0.1, 0.15) is 5.60 Å². The molecule has 0 aromatic heterocycles. The van der Waals surface area contributed by atoms with Crippen molar-refractivity contribution < 1.29 is 22.7 Å². The number of halogens is 3. The second kappa shape index (κ2) is 6.45. The maximum Gasteiger partial charge on any atom is 0.416 e. The van der Waals surface area contributed by atoms with Crippen molar-refractivity contribution in [3.63, 3.8) is 0 Å². The Morgan fingerprint density at radius 1 is 1.21 bits per heavy atom. The van der Waals surface area contributed by atoms with E-state index in [1.807, 2.05) is 20.8 Å². The molecule has 0 aliphatic heterocycles. The zero-order chi connectivity index (χ0) is 15.3. The summed E-state index contributed by atoms with van der Waals surface area (Å²) >= 11 is 0. The van der Waals surface area contributed by atoms with Crippen LogP contribution in [-0.2, 0) is 15.7 Å². The van der Waals surface area contributed by atoms with Crippen molar-refractivity contribution in [2.45, 2.75) is 39.5 Å². The molecule has 19 heavy (non-hydrogen) atoms. The molecule has 0 radical (unpaired) electrons. The summed E-state index contributed by atoms with van der Waals surface area (Å²) in [5.74, 6) is 0. The SMILES string of the molecule is CC(C)(C)OC=O.Cc1ccc(N)cc1C(F)(F)F. The highest BCUT2D eigenvalue weighted by atomic mass is 19.4. The van der Waals surface area contributed by atoms with Gasteiger partial charge in [-0.15, -0.1) is 0 Å². The first-order chi connectivity index (χ1) is 8.47. The predicted octanol–water partition coefficient (Wildman–Crippen LogP) is 3.55. The number of hydrogen-bond donors (Lipinski definition) is 1. The molecule has 0 bridgehead atoms. The highest BCUT2D eigenvalue weighted by Gasteiger charge is 2.32. The summed E-state index contributed by atoms with van der Waals surface area (Å²) in [5, 5.41) is 0.